The van der Waals surface area contributed by atoms with E-state index < -0.39 is 0 Å². The minimum atomic E-state index is -0.143. The molecule has 1 saturated carbocycles. The average molecular weight is 312 g/mol. The monoisotopic (exact) mass is 312 g/mol. The molecule has 0 saturated heterocycles. The molecule has 4 rings (SSSR count). The molecule has 0 aromatic carbocycles. The third-order valence-electron chi connectivity index (χ3n) is 4.34. The second-order valence-electron chi connectivity index (χ2n) is 5.75. The Morgan fingerprint density at radius 3 is 2.70 bits per heavy atom. The third kappa shape index (κ3) is 2.65. The quantitative estimate of drug-likeness (QED) is 0.761. The Labute approximate surface area is 131 Å². The molecule has 3 aromatic heterocycles. The molecule has 118 valence electrons. The molecule has 1 N–H and O–H groups in total. The van der Waals surface area contributed by atoms with Crippen LogP contribution in [-0.2, 0) is 0 Å². The second kappa shape index (κ2) is 5.75. The lowest BCUT2D eigenvalue weighted by Gasteiger charge is -2.29. The van der Waals surface area contributed by atoms with Crippen molar-refractivity contribution in [3.8, 4) is 0 Å². The first-order valence-electron chi connectivity index (χ1n) is 7.63. The van der Waals surface area contributed by atoms with E-state index in [1.165, 1.54) is 4.52 Å². The number of nitrogens with zero attached hydrogens (tertiary/aromatic N) is 7. The van der Waals surface area contributed by atoms with E-state index in [1.807, 2.05) is 4.57 Å². The number of rotatable bonds is 3. The number of amides is 1. The molecule has 0 unspecified atom stereocenters. The van der Waals surface area contributed by atoms with Gasteiger partial charge in [-0.1, -0.05) is 6.07 Å². The van der Waals surface area contributed by atoms with E-state index in [0.29, 0.717) is 17.4 Å². The van der Waals surface area contributed by atoms with Crippen molar-refractivity contribution in [1.82, 2.24) is 40.1 Å². The molecule has 0 aliphatic heterocycles. The Kier molecular flexibility index (Phi) is 3.45. The molecule has 3 aromatic rings. The summed E-state index contributed by atoms with van der Waals surface area (Å²) in [4.78, 5) is 12.5. The van der Waals surface area contributed by atoms with Gasteiger partial charge < -0.3 is 9.88 Å². The number of carbonyl (C=O) groups is 1. The summed E-state index contributed by atoms with van der Waals surface area (Å²) < 4.78 is 3.50. The maximum Gasteiger partial charge on any atom is 0.270 e. The van der Waals surface area contributed by atoms with Crippen LogP contribution in [0.3, 0.4) is 0 Å². The number of tetrazole rings is 1. The standard InChI is InChI=1S/C14H16N8O/c23-14(12-2-1-3-13-18-19-20-22(12)13)17-10-4-6-11(7-5-10)21-8-15-16-9-21/h1-3,8-11H,4-7H2,(H,17,23). The fourth-order valence-electron chi connectivity index (χ4n) is 3.11. The summed E-state index contributed by atoms with van der Waals surface area (Å²) in [6.45, 7) is 0. The smallest absolute Gasteiger partial charge is 0.270 e. The summed E-state index contributed by atoms with van der Waals surface area (Å²) >= 11 is 0. The topological polar surface area (TPSA) is 103 Å². The third-order valence-corrected chi connectivity index (χ3v) is 4.34. The summed E-state index contributed by atoms with van der Waals surface area (Å²) in [5, 5.41) is 22.1. The van der Waals surface area contributed by atoms with Gasteiger partial charge in [-0.3, -0.25) is 4.79 Å². The van der Waals surface area contributed by atoms with Gasteiger partial charge in [0.2, 0.25) is 0 Å². The highest BCUT2D eigenvalue weighted by Crippen LogP contribution is 2.28. The van der Waals surface area contributed by atoms with Gasteiger partial charge in [0.05, 0.1) is 0 Å². The first kappa shape index (κ1) is 13.8. The summed E-state index contributed by atoms with van der Waals surface area (Å²) in [5.74, 6) is -0.143. The predicted octanol–water partition coefficient (Wildman–Crippen LogP) is 0.629. The summed E-state index contributed by atoms with van der Waals surface area (Å²) in [6.07, 6.45) is 7.36. The minimum Gasteiger partial charge on any atom is -0.348 e. The van der Waals surface area contributed by atoms with Crippen molar-refractivity contribution in [1.29, 1.82) is 0 Å². The van der Waals surface area contributed by atoms with Gasteiger partial charge in [0, 0.05) is 12.1 Å². The van der Waals surface area contributed by atoms with Crippen molar-refractivity contribution in [2.24, 2.45) is 0 Å². The van der Waals surface area contributed by atoms with Crippen LogP contribution in [0.25, 0.3) is 5.65 Å². The number of aromatic nitrogens is 7. The molecule has 0 atom stereocenters. The predicted molar refractivity (Wildman–Crippen MR) is 79.6 cm³/mol. The molecule has 0 radical (unpaired) electrons. The molecule has 1 aliphatic carbocycles. The van der Waals surface area contributed by atoms with Crippen LogP contribution in [0.1, 0.15) is 42.2 Å². The molecule has 23 heavy (non-hydrogen) atoms. The van der Waals surface area contributed by atoms with Crippen molar-refractivity contribution >= 4 is 11.6 Å². The molecule has 1 amide bonds. The van der Waals surface area contributed by atoms with Gasteiger partial charge in [-0.2, -0.15) is 4.52 Å². The van der Waals surface area contributed by atoms with Gasteiger partial charge in [0.25, 0.3) is 5.91 Å². The lowest BCUT2D eigenvalue weighted by molar-refractivity contribution is 0.0914. The summed E-state index contributed by atoms with van der Waals surface area (Å²) in [5.41, 5.74) is 1.02. The van der Waals surface area contributed by atoms with Gasteiger partial charge in [0.1, 0.15) is 18.3 Å². The second-order valence-corrected chi connectivity index (χ2v) is 5.75. The van der Waals surface area contributed by atoms with E-state index in [-0.39, 0.29) is 11.9 Å². The zero-order valence-electron chi connectivity index (χ0n) is 12.4. The molecule has 0 bridgehead atoms. The zero-order valence-corrected chi connectivity index (χ0v) is 12.4. The van der Waals surface area contributed by atoms with Crippen molar-refractivity contribution in [3.63, 3.8) is 0 Å². The highest BCUT2D eigenvalue weighted by molar-refractivity contribution is 5.93. The van der Waals surface area contributed by atoms with Crippen LogP contribution in [-0.4, -0.2) is 46.8 Å². The molecule has 3 heterocycles. The van der Waals surface area contributed by atoms with Gasteiger partial charge in [-0.05, 0) is 48.2 Å². The minimum absolute atomic E-state index is 0.143. The number of pyridine rings is 1. The van der Waals surface area contributed by atoms with Crippen molar-refractivity contribution in [2.45, 2.75) is 37.8 Å². The fraction of sp³-hybridized carbons (Fsp3) is 0.429. The number of hydrogen-bond acceptors (Lipinski definition) is 6. The first-order valence-corrected chi connectivity index (χ1v) is 7.63. The van der Waals surface area contributed by atoms with Crippen LogP contribution < -0.4 is 5.32 Å². The van der Waals surface area contributed by atoms with Crippen molar-refractivity contribution < 1.29 is 4.79 Å². The maximum atomic E-state index is 12.5. The van der Waals surface area contributed by atoms with Crippen LogP contribution in [0, 0.1) is 0 Å². The molecule has 9 nitrogen and oxygen atoms in total. The molecular weight excluding hydrogens is 296 g/mol. The Bertz CT molecular complexity index is 803. The van der Waals surface area contributed by atoms with Crippen molar-refractivity contribution in [2.75, 3.05) is 0 Å². The molecule has 1 aliphatic rings. The van der Waals surface area contributed by atoms with Gasteiger partial charge in [-0.25, -0.2) is 0 Å². The Morgan fingerprint density at radius 2 is 1.91 bits per heavy atom. The first-order chi connectivity index (χ1) is 11.3. The van der Waals surface area contributed by atoms with E-state index in [4.69, 9.17) is 0 Å². The van der Waals surface area contributed by atoms with Crippen LogP contribution in [0.4, 0.5) is 0 Å². The summed E-state index contributed by atoms with van der Waals surface area (Å²) in [7, 11) is 0. The largest absolute Gasteiger partial charge is 0.348 e. The Morgan fingerprint density at radius 1 is 1.13 bits per heavy atom. The van der Waals surface area contributed by atoms with Crippen LogP contribution in [0.5, 0.6) is 0 Å². The average Bonchev–Trinajstić information content (AvgIpc) is 3.26. The maximum absolute atomic E-state index is 12.5. The normalized spacial score (nSPS) is 21.4. The van der Waals surface area contributed by atoms with E-state index >= 15 is 0 Å². The Balaban J connectivity index is 1.41. The highest BCUT2D eigenvalue weighted by Gasteiger charge is 2.24. The molecule has 0 spiro atoms. The zero-order chi connectivity index (χ0) is 15.6. The number of hydrogen-bond donors (Lipinski definition) is 1. The number of fused-ring (bicyclic) bond motifs is 1. The number of carbonyl (C=O) groups excluding carboxylic acids is 1. The van der Waals surface area contributed by atoms with E-state index in [1.54, 1.807) is 30.9 Å². The van der Waals surface area contributed by atoms with Gasteiger partial charge in [0.15, 0.2) is 5.65 Å². The van der Waals surface area contributed by atoms with E-state index in [9.17, 15) is 4.79 Å². The molecular formula is C14H16N8O. The SMILES string of the molecule is O=C(NC1CCC(n2cnnc2)CC1)c1cccc2nnnn12. The van der Waals surface area contributed by atoms with E-state index in [2.05, 4.69) is 31.0 Å². The lowest BCUT2D eigenvalue weighted by Crippen LogP contribution is -2.38. The van der Waals surface area contributed by atoms with Crippen LogP contribution in [0.2, 0.25) is 0 Å². The van der Waals surface area contributed by atoms with Gasteiger partial charge in [-0.15, -0.1) is 15.3 Å². The summed E-state index contributed by atoms with van der Waals surface area (Å²) in [6, 6.07) is 5.86. The molecule has 9 heteroatoms. The van der Waals surface area contributed by atoms with Crippen molar-refractivity contribution in [3.05, 3.63) is 36.5 Å². The van der Waals surface area contributed by atoms with E-state index in [0.717, 1.165) is 25.7 Å². The van der Waals surface area contributed by atoms with Crippen LogP contribution in [0.15, 0.2) is 30.9 Å². The Hall–Kier alpha value is -2.84. The highest BCUT2D eigenvalue weighted by atomic mass is 16.2. The lowest BCUT2D eigenvalue weighted by atomic mass is 9.91. The van der Waals surface area contributed by atoms with Gasteiger partial charge >= 0.3 is 0 Å². The van der Waals surface area contributed by atoms with Crippen LogP contribution >= 0.6 is 0 Å². The molecule has 1 fully saturated rings. The fourth-order valence-corrected chi connectivity index (χ4v) is 3.11. The number of nitrogens with one attached hydrogen (secondary N) is 1.